The van der Waals surface area contributed by atoms with Gasteiger partial charge in [-0.1, -0.05) is 12.1 Å². The number of benzene rings is 1. The van der Waals surface area contributed by atoms with Gasteiger partial charge >= 0.3 is 5.97 Å². The van der Waals surface area contributed by atoms with Crippen molar-refractivity contribution in [3.63, 3.8) is 0 Å². The summed E-state index contributed by atoms with van der Waals surface area (Å²) in [6.45, 7) is 0. The summed E-state index contributed by atoms with van der Waals surface area (Å²) in [7, 11) is 1.45. The Kier molecular flexibility index (Phi) is 3.23. The van der Waals surface area contributed by atoms with Crippen molar-refractivity contribution in [2.24, 2.45) is 4.99 Å². The topological polar surface area (TPSA) is 69.9 Å². The highest BCUT2D eigenvalue weighted by Gasteiger charge is 2.08. The van der Waals surface area contributed by atoms with Crippen LogP contribution in [0.15, 0.2) is 29.3 Å². The lowest BCUT2D eigenvalue weighted by Gasteiger charge is -2.00. The van der Waals surface area contributed by atoms with E-state index in [-0.39, 0.29) is 17.9 Å². The Morgan fingerprint density at radius 3 is 2.36 bits per heavy atom. The summed E-state index contributed by atoms with van der Waals surface area (Å²) in [6.07, 6.45) is 0.270. The Balaban J connectivity index is 2.78. The second-order valence-electron chi connectivity index (χ2n) is 2.82. The molecule has 1 aromatic rings. The van der Waals surface area contributed by atoms with Crippen molar-refractivity contribution in [1.29, 1.82) is 0 Å². The molecule has 0 aliphatic rings. The second kappa shape index (κ2) is 4.41. The molecule has 0 atom stereocenters. The van der Waals surface area contributed by atoms with Crippen LogP contribution in [-0.2, 0) is 11.2 Å². The van der Waals surface area contributed by atoms with Crippen LogP contribution in [-0.4, -0.2) is 28.9 Å². The third-order valence-electron chi connectivity index (χ3n) is 1.82. The molecule has 0 radical (unpaired) electrons. The number of aliphatic carboxylic acids is 1. The van der Waals surface area contributed by atoms with Crippen LogP contribution in [0.25, 0.3) is 0 Å². The molecule has 0 spiro atoms. The standard InChI is InChI=1S/C10H11NO3/c1-11-9(10(13)14)6-7-2-4-8(12)5-3-7/h2-5,12H,6H2,1H3,(H,13,14). The molecule has 1 aromatic carbocycles. The molecule has 0 saturated carbocycles. The average Bonchev–Trinajstić information content (AvgIpc) is 2.16. The second-order valence-corrected chi connectivity index (χ2v) is 2.82. The third kappa shape index (κ3) is 2.58. The van der Waals surface area contributed by atoms with Crippen molar-refractivity contribution in [3.8, 4) is 5.75 Å². The Morgan fingerprint density at radius 1 is 1.36 bits per heavy atom. The molecule has 4 heteroatoms. The lowest BCUT2D eigenvalue weighted by molar-refractivity contribution is -0.129. The van der Waals surface area contributed by atoms with Crippen molar-refractivity contribution < 1.29 is 15.0 Å². The summed E-state index contributed by atoms with van der Waals surface area (Å²) in [6, 6.07) is 6.38. The van der Waals surface area contributed by atoms with E-state index in [0.717, 1.165) is 5.56 Å². The van der Waals surface area contributed by atoms with E-state index >= 15 is 0 Å². The summed E-state index contributed by atoms with van der Waals surface area (Å²) in [5, 5.41) is 17.7. The van der Waals surface area contributed by atoms with Crippen LogP contribution < -0.4 is 0 Å². The predicted molar refractivity (Wildman–Crippen MR) is 52.8 cm³/mol. The average molecular weight is 193 g/mol. The van der Waals surface area contributed by atoms with Crippen molar-refractivity contribution in [2.75, 3.05) is 7.05 Å². The Hall–Kier alpha value is -1.84. The van der Waals surface area contributed by atoms with Gasteiger partial charge in [0.1, 0.15) is 11.5 Å². The maximum Gasteiger partial charge on any atom is 0.350 e. The zero-order valence-corrected chi connectivity index (χ0v) is 7.77. The highest BCUT2D eigenvalue weighted by Crippen LogP contribution is 2.10. The van der Waals surface area contributed by atoms with Crippen LogP contribution in [0.1, 0.15) is 5.56 Å². The summed E-state index contributed by atoms with van der Waals surface area (Å²) in [5.74, 6) is -0.848. The number of hydrogen-bond donors (Lipinski definition) is 2. The van der Waals surface area contributed by atoms with E-state index in [9.17, 15) is 4.79 Å². The van der Waals surface area contributed by atoms with E-state index in [1.165, 1.54) is 19.2 Å². The number of carboxylic acid groups (broad SMARTS) is 1. The fourth-order valence-corrected chi connectivity index (χ4v) is 1.06. The van der Waals surface area contributed by atoms with Crippen molar-refractivity contribution in [2.45, 2.75) is 6.42 Å². The van der Waals surface area contributed by atoms with Gasteiger partial charge in [0.05, 0.1) is 0 Å². The van der Waals surface area contributed by atoms with Crippen LogP contribution >= 0.6 is 0 Å². The first-order valence-corrected chi connectivity index (χ1v) is 4.10. The molecule has 0 amide bonds. The van der Waals surface area contributed by atoms with Crippen LogP contribution in [0.2, 0.25) is 0 Å². The van der Waals surface area contributed by atoms with Gasteiger partial charge in [-0.3, -0.25) is 4.99 Å². The van der Waals surface area contributed by atoms with Gasteiger partial charge in [0.25, 0.3) is 0 Å². The lowest BCUT2D eigenvalue weighted by atomic mass is 10.1. The number of phenolic OH excluding ortho intramolecular Hbond substituents is 1. The van der Waals surface area contributed by atoms with Crippen LogP contribution in [0, 0.1) is 0 Å². The minimum Gasteiger partial charge on any atom is -0.508 e. The minimum absolute atomic E-state index is 0.107. The largest absolute Gasteiger partial charge is 0.508 e. The first-order valence-electron chi connectivity index (χ1n) is 4.10. The number of rotatable bonds is 3. The first kappa shape index (κ1) is 10.2. The number of carboxylic acids is 1. The van der Waals surface area contributed by atoms with Gasteiger partial charge in [-0.05, 0) is 17.7 Å². The first-order chi connectivity index (χ1) is 6.63. The molecule has 0 fully saturated rings. The normalized spacial score (nSPS) is 11.4. The zero-order chi connectivity index (χ0) is 10.6. The van der Waals surface area contributed by atoms with Gasteiger partial charge in [0.2, 0.25) is 0 Å². The maximum absolute atomic E-state index is 10.6. The molecule has 2 N–H and O–H groups in total. The smallest absolute Gasteiger partial charge is 0.350 e. The summed E-state index contributed by atoms with van der Waals surface area (Å²) < 4.78 is 0. The SMILES string of the molecule is CN=C(Cc1ccc(O)cc1)C(=O)O. The van der Waals surface area contributed by atoms with Crippen LogP contribution in [0.3, 0.4) is 0 Å². The van der Waals surface area contributed by atoms with E-state index in [1.807, 2.05) is 0 Å². The van der Waals surface area contributed by atoms with E-state index in [0.29, 0.717) is 0 Å². The molecular formula is C10H11NO3. The number of nitrogens with zero attached hydrogens (tertiary/aromatic N) is 1. The fraction of sp³-hybridized carbons (Fsp3) is 0.200. The fourth-order valence-electron chi connectivity index (χ4n) is 1.06. The third-order valence-corrected chi connectivity index (χ3v) is 1.82. The Labute approximate surface area is 81.5 Å². The van der Waals surface area contributed by atoms with Crippen LogP contribution in [0.4, 0.5) is 0 Å². The molecular weight excluding hydrogens is 182 g/mol. The van der Waals surface area contributed by atoms with E-state index < -0.39 is 5.97 Å². The lowest BCUT2D eigenvalue weighted by Crippen LogP contribution is -2.15. The molecule has 0 saturated heterocycles. The maximum atomic E-state index is 10.6. The monoisotopic (exact) mass is 193 g/mol. The summed E-state index contributed by atoms with van der Waals surface area (Å²) in [5.41, 5.74) is 0.918. The highest BCUT2D eigenvalue weighted by molar-refractivity contribution is 6.36. The van der Waals surface area contributed by atoms with E-state index in [4.69, 9.17) is 10.2 Å². The number of phenols is 1. The molecule has 0 aliphatic carbocycles. The van der Waals surface area contributed by atoms with Gasteiger partial charge in [0, 0.05) is 13.5 Å². The number of hydrogen-bond acceptors (Lipinski definition) is 3. The molecule has 0 aliphatic heterocycles. The van der Waals surface area contributed by atoms with Gasteiger partial charge in [-0.2, -0.15) is 0 Å². The molecule has 1 rings (SSSR count). The number of aromatic hydroxyl groups is 1. The molecule has 74 valence electrons. The Morgan fingerprint density at radius 2 is 1.93 bits per heavy atom. The van der Waals surface area contributed by atoms with Crippen molar-refractivity contribution in [1.82, 2.24) is 0 Å². The zero-order valence-electron chi connectivity index (χ0n) is 7.77. The minimum atomic E-state index is -1.01. The van der Waals surface area contributed by atoms with Gasteiger partial charge < -0.3 is 10.2 Å². The molecule has 0 unspecified atom stereocenters. The van der Waals surface area contributed by atoms with Gasteiger partial charge in [0.15, 0.2) is 0 Å². The summed E-state index contributed by atoms with van der Waals surface area (Å²) in [4.78, 5) is 14.3. The quantitative estimate of drug-likeness (QED) is 0.706. The predicted octanol–water partition coefficient (Wildman–Crippen LogP) is 1.09. The van der Waals surface area contributed by atoms with Crippen LogP contribution in [0.5, 0.6) is 5.75 Å². The number of aliphatic imine (C=N–C) groups is 1. The molecule has 0 aromatic heterocycles. The van der Waals surface area contributed by atoms with Gasteiger partial charge in [-0.15, -0.1) is 0 Å². The number of carbonyl (C=O) groups is 1. The molecule has 4 nitrogen and oxygen atoms in total. The van der Waals surface area contributed by atoms with Gasteiger partial charge in [-0.25, -0.2) is 4.79 Å². The molecule has 0 bridgehead atoms. The molecule has 0 heterocycles. The Bertz CT molecular complexity index is 354. The highest BCUT2D eigenvalue weighted by atomic mass is 16.4. The molecule has 14 heavy (non-hydrogen) atoms. The van der Waals surface area contributed by atoms with Crippen molar-refractivity contribution in [3.05, 3.63) is 29.8 Å². The van der Waals surface area contributed by atoms with Crippen molar-refractivity contribution >= 4 is 11.7 Å². The van der Waals surface area contributed by atoms with E-state index in [2.05, 4.69) is 4.99 Å². The van der Waals surface area contributed by atoms with E-state index in [1.54, 1.807) is 12.1 Å². The summed E-state index contributed by atoms with van der Waals surface area (Å²) >= 11 is 0.